The van der Waals surface area contributed by atoms with Crippen LogP contribution in [0.3, 0.4) is 0 Å². The monoisotopic (exact) mass is 1080 g/mol. The lowest BCUT2D eigenvalue weighted by atomic mass is 10.2. The van der Waals surface area contributed by atoms with Gasteiger partial charge in [-0.2, -0.15) is 4.57 Å². The summed E-state index contributed by atoms with van der Waals surface area (Å²) in [6.45, 7) is 14.0. The van der Waals surface area contributed by atoms with Crippen LogP contribution in [-0.4, -0.2) is 75.5 Å². The van der Waals surface area contributed by atoms with E-state index in [1.54, 1.807) is 128 Å². The zero-order valence-corrected chi connectivity index (χ0v) is 44.8. The minimum Gasteiger partial charge on any atom is -0.454 e. The van der Waals surface area contributed by atoms with Crippen molar-refractivity contribution in [2.75, 3.05) is 28.6 Å². The van der Waals surface area contributed by atoms with Crippen LogP contribution in [0.4, 0.5) is 27.3 Å². The van der Waals surface area contributed by atoms with Crippen molar-refractivity contribution in [2.24, 2.45) is 14.1 Å². The van der Waals surface area contributed by atoms with Crippen LogP contribution in [0.1, 0.15) is 55.4 Å². The van der Waals surface area contributed by atoms with Crippen LogP contribution in [0.5, 0.6) is 23.0 Å². The van der Waals surface area contributed by atoms with Gasteiger partial charge in [0.25, 0.3) is 22.1 Å². The summed E-state index contributed by atoms with van der Waals surface area (Å²) in [7, 11) is 3.27. The largest absolute Gasteiger partial charge is 0.454 e. The number of rotatable bonds is 12. The van der Waals surface area contributed by atoms with E-state index in [-0.39, 0.29) is 75.8 Å². The lowest BCUT2D eigenvalue weighted by Crippen LogP contribution is -2.47. The zero-order valence-electron chi connectivity index (χ0n) is 42.5. The van der Waals surface area contributed by atoms with Crippen LogP contribution in [0.25, 0.3) is 44.6 Å². The first-order valence-corrected chi connectivity index (χ1v) is 24.5. The van der Waals surface area contributed by atoms with E-state index in [4.69, 9.17) is 64.5 Å². The number of halogens is 3. The summed E-state index contributed by atoms with van der Waals surface area (Å²) >= 11 is 19.6. The van der Waals surface area contributed by atoms with E-state index in [9.17, 15) is 19.2 Å². The molecule has 0 saturated carbocycles. The van der Waals surface area contributed by atoms with E-state index in [2.05, 4.69) is 24.9 Å². The Labute approximate surface area is 444 Å². The molecule has 8 heterocycles. The van der Waals surface area contributed by atoms with Crippen LogP contribution in [0.15, 0.2) is 95.3 Å². The molecule has 0 aliphatic carbocycles. The molecule has 2 N–H and O–H groups in total. The summed E-state index contributed by atoms with van der Waals surface area (Å²) < 4.78 is 29.1. The number of carbonyl (C=O) groups is 2. The van der Waals surface area contributed by atoms with Gasteiger partial charge in [0.1, 0.15) is 29.7 Å². The maximum atomic E-state index is 14.7. The summed E-state index contributed by atoms with van der Waals surface area (Å²) in [5.74, 6) is 1.24. The molecule has 2 amide bonds. The highest BCUT2D eigenvalue weighted by Crippen LogP contribution is 2.35. The van der Waals surface area contributed by atoms with Gasteiger partial charge in [0.2, 0.25) is 11.9 Å². The Morgan fingerprint density at radius 2 is 1.15 bits per heavy atom. The van der Waals surface area contributed by atoms with E-state index < -0.39 is 34.5 Å². The summed E-state index contributed by atoms with van der Waals surface area (Å²) in [4.78, 5) is 84.7. The molecule has 21 nitrogen and oxygen atoms in total. The highest BCUT2D eigenvalue weighted by molar-refractivity contribution is 6.41. The molecule has 0 saturated heterocycles. The third-order valence-electron chi connectivity index (χ3n) is 11.2. The molecule has 0 atom stereocenters. The highest BCUT2D eigenvalue weighted by atomic mass is 35.5. The normalized spacial score (nSPS) is 11.7. The Bertz CT molecular complexity index is 3690. The molecule has 8 aromatic rings. The minimum absolute atomic E-state index is 0.00151. The fourth-order valence-corrected chi connectivity index (χ4v) is 8.11. The maximum absolute atomic E-state index is 14.7. The second-order valence-electron chi connectivity index (χ2n) is 18.9. The second kappa shape index (κ2) is 21.1. The van der Waals surface area contributed by atoms with Crippen LogP contribution >= 0.6 is 34.8 Å². The predicted molar refractivity (Wildman–Crippen MR) is 283 cm³/mol. The number of nitrogen functional groups attached to an aromatic ring is 1. The van der Waals surface area contributed by atoms with E-state index in [0.29, 0.717) is 44.4 Å². The Hall–Kier alpha value is -8.01. The average Bonchev–Trinajstić information content (AvgIpc) is 3.35. The Balaban J connectivity index is 1.07. The molecule has 8 aromatic heterocycles. The standard InChI is InChI=1S/C51H51Cl3N13O8/c1-11-65(48(70)74-50(3,4)5)46-58-25-32(44(68)63(46)10)34-15-13-28-22-31(24-57-42(28)60-34)73-37-18-20-64(41(55)39(37)53)27-67-45(69)33(26-59-47(67)66(12-2)49(71)75-51(6,7)8)35-16-14-29-21-30(23-56-43(29)61-35)72-36-17-19-62(9)40(54)38(36)52/h13-26,55H,11-12,27H2,1-10H3/q+1/p+1. The van der Waals surface area contributed by atoms with Gasteiger partial charge in [-0.15, -0.1) is 0 Å². The number of hydrogen-bond donors (Lipinski definition) is 1. The molecule has 24 heteroatoms. The molecule has 0 unspecified atom stereocenters. The van der Waals surface area contributed by atoms with Gasteiger partial charge >= 0.3 is 12.2 Å². The SMILES string of the molecule is CCN(C(=O)OC(C)(C)C)c1ncc(-c2ccc3cc(Oc4cc[n+](Cn5c(N(CC)C(=O)OC(C)(C)C)ncc(-c6ccc7cc(Oc8cc[n+](C)c(Cl)c8Cl)cnc7n6)c5=O)c(N)c4Cl)cnc3n2)c(=O)n1C. The van der Waals surface area contributed by atoms with Crippen molar-refractivity contribution in [3.8, 4) is 45.5 Å². The Morgan fingerprint density at radius 3 is 1.67 bits per heavy atom. The quantitative estimate of drug-likeness (QED) is 0.0889. The Kier molecular flexibility index (Phi) is 15.0. The smallest absolute Gasteiger partial charge is 0.417 e. The van der Waals surface area contributed by atoms with Crippen molar-refractivity contribution in [1.82, 2.24) is 39.0 Å². The number of nitrogens with two attached hydrogens (primary N) is 1. The number of fused-ring (bicyclic) bond motifs is 2. The van der Waals surface area contributed by atoms with Gasteiger partial charge in [-0.1, -0.05) is 23.2 Å². The van der Waals surface area contributed by atoms with Crippen LogP contribution in [0, 0.1) is 0 Å². The van der Waals surface area contributed by atoms with E-state index in [1.807, 2.05) is 0 Å². The van der Waals surface area contributed by atoms with Gasteiger partial charge in [-0.05, 0) is 103 Å². The molecule has 75 heavy (non-hydrogen) atoms. The van der Waals surface area contributed by atoms with E-state index in [0.717, 1.165) is 0 Å². The number of ether oxygens (including phenoxy) is 4. The van der Waals surface area contributed by atoms with Gasteiger partial charge in [0.15, 0.2) is 45.7 Å². The number of aromatic nitrogens is 10. The molecule has 0 aliphatic heterocycles. The maximum Gasteiger partial charge on any atom is 0.417 e. The number of amides is 2. The number of hydrogen-bond acceptors (Lipinski definition) is 15. The van der Waals surface area contributed by atoms with Crippen molar-refractivity contribution < 1.29 is 37.7 Å². The lowest BCUT2D eigenvalue weighted by Gasteiger charge is -2.27. The first-order chi connectivity index (χ1) is 35.4. The molecule has 0 fully saturated rings. The summed E-state index contributed by atoms with van der Waals surface area (Å²) in [6.07, 6.45) is 7.52. The minimum atomic E-state index is -0.863. The molecule has 388 valence electrons. The van der Waals surface area contributed by atoms with Gasteiger partial charge in [0.05, 0.1) is 41.1 Å². The van der Waals surface area contributed by atoms with Crippen molar-refractivity contribution in [3.63, 3.8) is 0 Å². The van der Waals surface area contributed by atoms with Gasteiger partial charge in [-0.25, -0.2) is 58.4 Å². The number of anilines is 3. The molecule has 0 bridgehead atoms. The number of nitrogens with zero attached hydrogens (tertiary/aromatic N) is 12. The highest BCUT2D eigenvalue weighted by Gasteiger charge is 2.30. The molecule has 8 rings (SSSR count). The lowest BCUT2D eigenvalue weighted by molar-refractivity contribution is -0.687. The molecule has 0 aliphatic rings. The Morgan fingerprint density at radius 1 is 0.667 bits per heavy atom. The molecule has 0 spiro atoms. The number of carbonyl (C=O) groups excluding carboxylic acids is 2. The average molecular weight is 1080 g/mol. The van der Waals surface area contributed by atoms with Crippen molar-refractivity contribution in [2.45, 2.75) is 73.3 Å². The first kappa shape index (κ1) is 53.3. The molecule has 0 aromatic carbocycles. The summed E-state index contributed by atoms with van der Waals surface area (Å²) in [6, 6.07) is 13.4. The fourth-order valence-electron chi connectivity index (χ4n) is 7.52. The summed E-state index contributed by atoms with van der Waals surface area (Å²) in [5.41, 5.74) is 5.50. The zero-order chi connectivity index (χ0) is 54.3. The predicted octanol–water partition coefficient (Wildman–Crippen LogP) is 8.83. The second-order valence-corrected chi connectivity index (χ2v) is 20.0. The van der Waals surface area contributed by atoms with Crippen molar-refractivity contribution in [1.29, 1.82) is 0 Å². The van der Waals surface area contributed by atoms with Gasteiger partial charge < -0.3 is 18.9 Å². The van der Waals surface area contributed by atoms with Crippen LogP contribution in [0.2, 0.25) is 15.2 Å². The number of aryl methyl sites for hydroxylation is 1. The third kappa shape index (κ3) is 11.4. The van der Waals surface area contributed by atoms with Crippen molar-refractivity contribution in [3.05, 3.63) is 122 Å². The van der Waals surface area contributed by atoms with Crippen molar-refractivity contribution >= 4 is 86.8 Å². The van der Waals surface area contributed by atoms with Crippen LogP contribution in [-0.2, 0) is 30.2 Å². The fraction of sp³-hybridized carbons (Fsp3) is 0.294. The molecular formula is C51H52Cl3N13O8+2. The number of pyridine rings is 6. The van der Waals surface area contributed by atoms with Gasteiger partial charge in [0, 0.05) is 55.4 Å². The summed E-state index contributed by atoms with van der Waals surface area (Å²) in [5, 5.41) is 1.70. The van der Waals surface area contributed by atoms with Gasteiger partial charge in [-0.3, -0.25) is 19.9 Å². The molecule has 0 radical (unpaired) electrons. The van der Waals surface area contributed by atoms with Crippen LogP contribution < -0.4 is 45.3 Å². The molecular weight excluding hydrogens is 1030 g/mol. The topological polar surface area (TPSA) is 233 Å². The third-order valence-corrected chi connectivity index (χ3v) is 12.5. The van der Waals surface area contributed by atoms with E-state index in [1.165, 1.54) is 55.3 Å². The van der Waals surface area contributed by atoms with E-state index >= 15 is 0 Å². The first-order valence-electron chi connectivity index (χ1n) is 23.3.